The maximum absolute atomic E-state index is 12.7. The molecule has 0 aliphatic carbocycles. The van der Waals surface area contributed by atoms with Crippen LogP contribution in [0.1, 0.15) is 5.56 Å². The molecular formula is C14H16N2O3S. The van der Waals surface area contributed by atoms with Gasteiger partial charge in [-0.1, -0.05) is 18.2 Å². The Morgan fingerprint density at radius 3 is 2.85 bits per heavy atom. The van der Waals surface area contributed by atoms with E-state index >= 15 is 0 Å². The van der Waals surface area contributed by atoms with Crippen molar-refractivity contribution in [1.82, 2.24) is 5.32 Å². The van der Waals surface area contributed by atoms with E-state index < -0.39 is 12.0 Å². The van der Waals surface area contributed by atoms with Crippen molar-refractivity contribution in [3.8, 4) is 0 Å². The summed E-state index contributed by atoms with van der Waals surface area (Å²) in [5, 5.41) is 12.6. The summed E-state index contributed by atoms with van der Waals surface area (Å²) in [6.45, 7) is 0.786. The lowest BCUT2D eigenvalue weighted by atomic mass is 10.1. The standard InChI is InChI=1S/C14H16N2O3S/c17-13(10-8-20-6-5-15-10)16-11-4-2-1-3-9(11)7-12(16)14(18)19/h1-4,10,12,15H,5-8H2,(H,18,19). The van der Waals surface area contributed by atoms with Gasteiger partial charge in [0.1, 0.15) is 6.04 Å². The fourth-order valence-corrected chi connectivity index (χ4v) is 3.67. The van der Waals surface area contributed by atoms with Crippen molar-refractivity contribution in [2.24, 2.45) is 0 Å². The predicted octanol–water partition coefficient (Wildman–Crippen LogP) is 0.734. The van der Waals surface area contributed by atoms with E-state index in [4.69, 9.17) is 0 Å². The van der Waals surface area contributed by atoms with Gasteiger partial charge >= 0.3 is 5.97 Å². The number of carbonyl (C=O) groups is 2. The minimum absolute atomic E-state index is 0.130. The van der Waals surface area contributed by atoms with Gasteiger partial charge in [0.2, 0.25) is 5.91 Å². The van der Waals surface area contributed by atoms with Gasteiger partial charge in [0.25, 0.3) is 0 Å². The number of carboxylic acids is 1. The van der Waals surface area contributed by atoms with Crippen molar-refractivity contribution >= 4 is 29.3 Å². The predicted molar refractivity (Wildman–Crippen MR) is 78.2 cm³/mol. The Balaban J connectivity index is 1.91. The summed E-state index contributed by atoms with van der Waals surface area (Å²) in [7, 11) is 0. The average Bonchev–Trinajstić information content (AvgIpc) is 2.87. The molecule has 1 fully saturated rings. The van der Waals surface area contributed by atoms with E-state index in [9.17, 15) is 14.7 Å². The first kappa shape index (κ1) is 13.5. The number of thioether (sulfide) groups is 1. The van der Waals surface area contributed by atoms with E-state index in [0.29, 0.717) is 12.2 Å². The Labute approximate surface area is 121 Å². The number of benzene rings is 1. The quantitative estimate of drug-likeness (QED) is 0.841. The number of nitrogens with zero attached hydrogens (tertiary/aromatic N) is 1. The molecule has 5 nitrogen and oxygen atoms in total. The van der Waals surface area contributed by atoms with Crippen LogP contribution >= 0.6 is 11.8 Å². The molecule has 2 atom stereocenters. The van der Waals surface area contributed by atoms with Crippen molar-refractivity contribution in [1.29, 1.82) is 0 Å². The number of carbonyl (C=O) groups excluding carboxylic acids is 1. The van der Waals surface area contributed by atoms with Crippen LogP contribution in [0, 0.1) is 0 Å². The van der Waals surface area contributed by atoms with Gasteiger partial charge in [0.05, 0.1) is 6.04 Å². The molecule has 2 unspecified atom stereocenters. The summed E-state index contributed by atoms with van der Waals surface area (Å²) in [5.74, 6) is 0.611. The average molecular weight is 292 g/mol. The molecule has 0 spiro atoms. The number of hydrogen-bond acceptors (Lipinski definition) is 4. The van der Waals surface area contributed by atoms with Crippen LogP contribution in [0.5, 0.6) is 0 Å². The van der Waals surface area contributed by atoms with Crippen LogP contribution in [-0.4, -0.2) is 47.1 Å². The molecule has 2 aliphatic rings. The molecule has 20 heavy (non-hydrogen) atoms. The Kier molecular flexibility index (Phi) is 3.67. The zero-order chi connectivity index (χ0) is 14.1. The molecule has 106 valence electrons. The van der Waals surface area contributed by atoms with Crippen LogP contribution in [0.2, 0.25) is 0 Å². The minimum Gasteiger partial charge on any atom is -0.480 e. The van der Waals surface area contributed by atoms with E-state index in [1.807, 2.05) is 24.3 Å². The van der Waals surface area contributed by atoms with E-state index in [-0.39, 0.29) is 11.9 Å². The second-order valence-electron chi connectivity index (χ2n) is 4.98. The van der Waals surface area contributed by atoms with Gasteiger partial charge in [-0.15, -0.1) is 0 Å². The lowest BCUT2D eigenvalue weighted by Crippen LogP contribution is -2.54. The number of rotatable bonds is 2. The monoisotopic (exact) mass is 292 g/mol. The van der Waals surface area contributed by atoms with Crippen molar-refractivity contribution in [2.45, 2.75) is 18.5 Å². The van der Waals surface area contributed by atoms with Crippen LogP contribution < -0.4 is 10.2 Å². The van der Waals surface area contributed by atoms with Gasteiger partial charge in [-0.25, -0.2) is 4.79 Å². The molecule has 3 rings (SSSR count). The number of anilines is 1. The Hall–Kier alpha value is -1.53. The third kappa shape index (κ3) is 2.29. The zero-order valence-corrected chi connectivity index (χ0v) is 11.7. The van der Waals surface area contributed by atoms with Crippen molar-refractivity contribution < 1.29 is 14.7 Å². The van der Waals surface area contributed by atoms with Gasteiger partial charge in [0.15, 0.2) is 0 Å². The fraction of sp³-hybridized carbons (Fsp3) is 0.429. The second-order valence-corrected chi connectivity index (χ2v) is 6.13. The smallest absolute Gasteiger partial charge is 0.327 e. The number of nitrogens with one attached hydrogen (secondary N) is 1. The first-order chi connectivity index (χ1) is 9.68. The number of carboxylic acid groups (broad SMARTS) is 1. The molecule has 1 aromatic carbocycles. The highest BCUT2D eigenvalue weighted by atomic mass is 32.2. The summed E-state index contributed by atoms with van der Waals surface area (Å²) < 4.78 is 0. The van der Waals surface area contributed by atoms with E-state index in [2.05, 4.69) is 5.32 Å². The van der Waals surface area contributed by atoms with Crippen LogP contribution in [-0.2, 0) is 16.0 Å². The van der Waals surface area contributed by atoms with E-state index in [1.165, 1.54) is 4.90 Å². The van der Waals surface area contributed by atoms with Crippen LogP contribution in [0.4, 0.5) is 5.69 Å². The largest absolute Gasteiger partial charge is 0.480 e. The van der Waals surface area contributed by atoms with Gasteiger partial charge in [-0.2, -0.15) is 11.8 Å². The number of amides is 1. The van der Waals surface area contributed by atoms with Crippen LogP contribution in [0.15, 0.2) is 24.3 Å². The fourth-order valence-electron chi connectivity index (χ4n) is 2.75. The SMILES string of the molecule is O=C(O)C1Cc2ccccc2N1C(=O)C1CSCCN1. The lowest BCUT2D eigenvalue weighted by Gasteiger charge is -2.29. The van der Waals surface area contributed by atoms with Crippen molar-refractivity contribution in [2.75, 3.05) is 23.0 Å². The summed E-state index contributed by atoms with van der Waals surface area (Å²) in [6.07, 6.45) is 0.386. The third-order valence-corrected chi connectivity index (χ3v) is 4.78. The molecule has 2 N–H and O–H groups in total. The molecular weight excluding hydrogens is 276 g/mol. The normalized spacial score (nSPS) is 25.3. The molecule has 1 amide bonds. The molecule has 6 heteroatoms. The summed E-state index contributed by atoms with van der Waals surface area (Å²) in [4.78, 5) is 25.6. The zero-order valence-electron chi connectivity index (χ0n) is 10.9. The van der Waals surface area contributed by atoms with Crippen molar-refractivity contribution in [3.63, 3.8) is 0 Å². The maximum atomic E-state index is 12.7. The molecule has 0 aromatic heterocycles. The van der Waals surface area contributed by atoms with Gasteiger partial charge in [0, 0.05) is 30.2 Å². The molecule has 2 heterocycles. The molecule has 0 radical (unpaired) electrons. The van der Waals surface area contributed by atoms with Crippen molar-refractivity contribution in [3.05, 3.63) is 29.8 Å². The molecule has 1 aromatic rings. The summed E-state index contributed by atoms with van der Waals surface area (Å²) >= 11 is 1.72. The second kappa shape index (κ2) is 5.46. The highest BCUT2D eigenvalue weighted by molar-refractivity contribution is 7.99. The number of aliphatic carboxylic acids is 1. The number of hydrogen-bond donors (Lipinski definition) is 2. The lowest BCUT2D eigenvalue weighted by molar-refractivity contribution is -0.140. The Morgan fingerprint density at radius 1 is 1.35 bits per heavy atom. The van der Waals surface area contributed by atoms with Crippen LogP contribution in [0.3, 0.4) is 0 Å². The molecule has 1 saturated heterocycles. The Bertz CT molecular complexity index is 543. The first-order valence-electron chi connectivity index (χ1n) is 6.63. The van der Waals surface area contributed by atoms with E-state index in [1.54, 1.807) is 11.8 Å². The molecule has 0 saturated carbocycles. The topological polar surface area (TPSA) is 69.6 Å². The minimum atomic E-state index is -0.946. The van der Waals surface area contributed by atoms with E-state index in [0.717, 1.165) is 23.5 Å². The van der Waals surface area contributed by atoms with Gasteiger partial charge < -0.3 is 10.4 Å². The maximum Gasteiger partial charge on any atom is 0.327 e. The summed E-state index contributed by atoms with van der Waals surface area (Å²) in [5.41, 5.74) is 1.67. The van der Waals surface area contributed by atoms with Gasteiger partial charge in [-0.3, -0.25) is 9.69 Å². The van der Waals surface area contributed by atoms with Crippen LogP contribution in [0.25, 0.3) is 0 Å². The Morgan fingerprint density at radius 2 is 2.15 bits per heavy atom. The molecule has 2 aliphatic heterocycles. The number of fused-ring (bicyclic) bond motifs is 1. The summed E-state index contributed by atoms with van der Waals surface area (Å²) in [6, 6.07) is 6.36. The highest BCUT2D eigenvalue weighted by Gasteiger charge is 2.40. The highest BCUT2D eigenvalue weighted by Crippen LogP contribution is 2.33. The van der Waals surface area contributed by atoms with Gasteiger partial charge in [-0.05, 0) is 11.6 Å². The molecule has 0 bridgehead atoms. The third-order valence-electron chi connectivity index (χ3n) is 3.72. The first-order valence-corrected chi connectivity index (χ1v) is 7.79. The number of para-hydroxylation sites is 1.